The molecule has 1 unspecified atom stereocenters. The summed E-state index contributed by atoms with van der Waals surface area (Å²) < 4.78 is 32.2. The molecule has 7 nitrogen and oxygen atoms in total. The van der Waals surface area contributed by atoms with Gasteiger partial charge in [-0.25, -0.2) is 23.7 Å². The topological polar surface area (TPSA) is 94.2 Å². The number of morpholine rings is 1. The molecule has 2 N–H and O–H groups in total. The number of rotatable bonds is 4. The Kier molecular flexibility index (Phi) is 5.62. The van der Waals surface area contributed by atoms with Gasteiger partial charge in [-0.1, -0.05) is 18.2 Å². The van der Waals surface area contributed by atoms with Gasteiger partial charge in [-0.3, -0.25) is 4.79 Å². The molecule has 0 saturated carbocycles. The maximum atomic E-state index is 13.4. The summed E-state index contributed by atoms with van der Waals surface area (Å²) in [5.74, 6) is -0.375. The highest BCUT2D eigenvalue weighted by molar-refractivity contribution is 6.29. The molecule has 0 aliphatic carbocycles. The van der Waals surface area contributed by atoms with E-state index in [4.69, 9.17) is 22.1 Å². The fourth-order valence-corrected chi connectivity index (χ4v) is 3.14. The number of pyridine rings is 1. The lowest BCUT2D eigenvalue weighted by atomic mass is 10.0. The number of nitrogens with zero attached hydrogens (tertiary/aromatic N) is 4. The van der Waals surface area contributed by atoms with E-state index in [1.54, 1.807) is 6.07 Å². The van der Waals surface area contributed by atoms with Gasteiger partial charge in [0.1, 0.15) is 23.3 Å². The second-order valence-electron chi connectivity index (χ2n) is 5.84. The number of aromatic nitrogens is 3. The molecule has 0 spiro atoms. The SMILES string of the molecule is C=CC(=O)N1C(C(F)F)COC[C@H]1c1cc(Cl)nc(-c2cc(N)ncn2)c1. The third kappa shape index (κ3) is 4.04. The van der Waals surface area contributed by atoms with Gasteiger partial charge in [0.25, 0.3) is 6.43 Å². The molecule has 2 aromatic heterocycles. The van der Waals surface area contributed by atoms with Crippen molar-refractivity contribution in [3.63, 3.8) is 0 Å². The van der Waals surface area contributed by atoms with Crippen LogP contribution >= 0.6 is 11.6 Å². The van der Waals surface area contributed by atoms with E-state index in [-0.39, 0.29) is 24.2 Å². The molecule has 0 radical (unpaired) electrons. The molecule has 3 heterocycles. The van der Waals surface area contributed by atoms with Gasteiger partial charge in [0, 0.05) is 6.07 Å². The summed E-state index contributed by atoms with van der Waals surface area (Å²) in [6.07, 6.45) is -0.491. The minimum absolute atomic E-state index is 0.0362. The van der Waals surface area contributed by atoms with Gasteiger partial charge in [-0.05, 0) is 23.8 Å². The Bertz CT molecular complexity index is 867. The molecule has 142 valence electrons. The first-order valence-electron chi connectivity index (χ1n) is 7.96. The fourth-order valence-electron chi connectivity index (χ4n) is 2.92. The third-order valence-corrected chi connectivity index (χ3v) is 4.32. The van der Waals surface area contributed by atoms with E-state index < -0.39 is 24.4 Å². The molecule has 10 heteroatoms. The zero-order chi connectivity index (χ0) is 19.6. The Hall–Kier alpha value is -2.65. The lowest BCUT2D eigenvalue weighted by Gasteiger charge is -2.41. The smallest absolute Gasteiger partial charge is 0.260 e. The Morgan fingerprint density at radius 1 is 1.33 bits per heavy atom. The zero-order valence-corrected chi connectivity index (χ0v) is 14.8. The summed E-state index contributed by atoms with van der Waals surface area (Å²) in [4.78, 5) is 25.5. The maximum Gasteiger partial charge on any atom is 0.260 e. The molecular formula is C17H16ClF2N5O2. The lowest BCUT2D eigenvalue weighted by Crippen LogP contribution is -2.53. The second-order valence-corrected chi connectivity index (χ2v) is 6.23. The first-order chi connectivity index (χ1) is 12.9. The van der Waals surface area contributed by atoms with Gasteiger partial charge in [0.05, 0.1) is 30.6 Å². The standard InChI is InChI=1S/C17H16ClF2N5O2/c1-2-16(26)25-12(6-27-7-13(25)17(19)20)9-3-11(24-14(18)4-9)10-5-15(21)23-8-22-10/h2-5,8,12-13,17H,1,6-7H2,(H2,21,22,23)/t12-,13?/m0/s1. The highest BCUT2D eigenvalue weighted by atomic mass is 35.5. The van der Waals surface area contributed by atoms with Crippen molar-refractivity contribution in [1.82, 2.24) is 19.9 Å². The van der Waals surface area contributed by atoms with E-state index >= 15 is 0 Å². The molecule has 1 saturated heterocycles. The number of hydrogen-bond acceptors (Lipinski definition) is 6. The minimum Gasteiger partial charge on any atom is -0.384 e. The Labute approximate surface area is 158 Å². The molecule has 2 aromatic rings. The highest BCUT2D eigenvalue weighted by Crippen LogP contribution is 2.33. The molecule has 27 heavy (non-hydrogen) atoms. The molecule has 3 rings (SSSR count). The van der Waals surface area contributed by atoms with E-state index in [1.807, 2.05) is 0 Å². The number of carbonyl (C=O) groups excluding carboxylic acids is 1. The number of anilines is 1. The molecule has 1 aliphatic heterocycles. The van der Waals surface area contributed by atoms with Crippen LogP contribution in [0.3, 0.4) is 0 Å². The van der Waals surface area contributed by atoms with Crippen LogP contribution in [0.25, 0.3) is 11.4 Å². The van der Waals surface area contributed by atoms with Gasteiger partial charge < -0.3 is 15.4 Å². The molecule has 1 amide bonds. The van der Waals surface area contributed by atoms with Crippen LogP contribution in [0.4, 0.5) is 14.6 Å². The van der Waals surface area contributed by atoms with Crippen LogP contribution in [0.2, 0.25) is 5.15 Å². The summed E-state index contributed by atoms with van der Waals surface area (Å²) >= 11 is 6.12. The molecule has 0 bridgehead atoms. The monoisotopic (exact) mass is 395 g/mol. The molecule has 2 atom stereocenters. The fraction of sp³-hybridized carbons (Fsp3) is 0.294. The predicted octanol–water partition coefficient (Wildman–Crippen LogP) is 2.49. The van der Waals surface area contributed by atoms with Crippen LogP contribution < -0.4 is 5.73 Å². The summed E-state index contributed by atoms with van der Waals surface area (Å²) in [7, 11) is 0. The number of alkyl halides is 2. The predicted molar refractivity (Wildman–Crippen MR) is 95.1 cm³/mol. The minimum atomic E-state index is -2.77. The quantitative estimate of drug-likeness (QED) is 0.631. The zero-order valence-electron chi connectivity index (χ0n) is 14.1. The Morgan fingerprint density at radius 3 is 2.78 bits per heavy atom. The van der Waals surface area contributed by atoms with Crippen LogP contribution in [0.15, 0.2) is 37.2 Å². The largest absolute Gasteiger partial charge is 0.384 e. The van der Waals surface area contributed by atoms with Crippen molar-refractivity contribution < 1.29 is 18.3 Å². The average Bonchev–Trinajstić information content (AvgIpc) is 2.66. The second kappa shape index (κ2) is 7.93. The van der Waals surface area contributed by atoms with Crippen molar-refractivity contribution >= 4 is 23.3 Å². The number of carbonyl (C=O) groups is 1. The van der Waals surface area contributed by atoms with Crippen LogP contribution in [0, 0.1) is 0 Å². The van der Waals surface area contributed by atoms with E-state index in [0.29, 0.717) is 17.0 Å². The first-order valence-corrected chi connectivity index (χ1v) is 8.34. The van der Waals surface area contributed by atoms with Crippen LogP contribution in [-0.2, 0) is 9.53 Å². The molecule has 0 aromatic carbocycles. The lowest BCUT2D eigenvalue weighted by molar-refractivity contribution is -0.151. The van der Waals surface area contributed by atoms with Gasteiger partial charge in [0.2, 0.25) is 5.91 Å². The van der Waals surface area contributed by atoms with Crippen LogP contribution in [-0.4, -0.2) is 51.4 Å². The van der Waals surface area contributed by atoms with E-state index in [9.17, 15) is 13.6 Å². The first kappa shape index (κ1) is 19.1. The van der Waals surface area contributed by atoms with E-state index in [1.165, 1.54) is 18.5 Å². The van der Waals surface area contributed by atoms with Crippen molar-refractivity contribution in [2.45, 2.75) is 18.5 Å². The number of ether oxygens (including phenoxy) is 1. The summed E-state index contributed by atoms with van der Waals surface area (Å²) in [5, 5.41) is 0.116. The summed E-state index contributed by atoms with van der Waals surface area (Å²) in [6.45, 7) is 3.18. The molecule has 1 fully saturated rings. The van der Waals surface area contributed by atoms with E-state index in [0.717, 1.165) is 11.0 Å². The van der Waals surface area contributed by atoms with Crippen molar-refractivity contribution in [1.29, 1.82) is 0 Å². The van der Waals surface area contributed by atoms with Gasteiger partial charge in [-0.2, -0.15) is 0 Å². The van der Waals surface area contributed by atoms with Crippen molar-refractivity contribution in [3.05, 3.63) is 47.9 Å². The van der Waals surface area contributed by atoms with Gasteiger partial charge in [0.15, 0.2) is 0 Å². The number of nitrogen functional groups attached to an aromatic ring is 1. The van der Waals surface area contributed by atoms with Crippen LogP contribution in [0.5, 0.6) is 0 Å². The van der Waals surface area contributed by atoms with Gasteiger partial charge in [-0.15, -0.1) is 0 Å². The third-order valence-electron chi connectivity index (χ3n) is 4.13. The summed E-state index contributed by atoms with van der Waals surface area (Å²) in [5.41, 5.74) is 6.94. The van der Waals surface area contributed by atoms with E-state index in [2.05, 4.69) is 21.5 Å². The number of nitrogens with two attached hydrogens (primary N) is 1. The van der Waals surface area contributed by atoms with Gasteiger partial charge >= 0.3 is 0 Å². The average molecular weight is 396 g/mol. The highest BCUT2D eigenvalue weighted by Gasteiger charge is 2.40. The van der Waals surface area contributed by atoms with Crippen molar-refractivity contribution in [2.24, 2.45) is 0 Å². The number of amides is 1. The number of halogens is 3. The maximum absolute atomic E-state index is 13.4. The number of hydrogen-bond donors (Lipinski definition) is 1. The Balaban J connectivity index is 2.05. The summed E-state index contributed by atoms with van der Waals surface area (Å²) in [6, 6.07) is 2.45. The normalized spacial score (nSPS) is 19.9. The molecular weight excluding hydrogens is 380 g/mol. The van der Waals surface area contributed by atoms with Crippen molar-refractivity contribution in [3.8, 4) is 11.4 Å². The molecule has 1 aliphatic rings. The van der Waals surface area contributed by atoms with Crippen molar-refractivity contribution in [2.75, 3.05) is 18.9 Å². The Morgan fingerprint density at radius 2 is 2.11 bits per heavy atom. The van der Waals surface area contributed by atoms with Crippen LogP contribution in [0.1, 0.15) is 11.6 Å².